The van der Waals surface area contributed by atoms with E-state index < -0.39 is 6.04 Å². The zero-order valence-electron chi connectivity index (χ0n) is 7.43. The van der Waals surface area contributed by atoms with Crippen molar-refractivity contribution < 1.29 is 14.3 Å². The summed E-state index contributed by atoms with van der Waals surface area (Å²) in [7, 11) is 0. The summed E-state index contributed by atoms with van der Waals surface area (Å²) in [5.41, 5.74) is 8.87. The Morgan fingerprint density at radius 3 is 3.31 bits per heavy atom. The Kier molecular flexibility index (Phi) is 3.34. The fraction of sp³-hybridized carbons (Fsp3) is 0.625. The number of rotatable bonds is 3. The van der Waals surface area contributed by atoms with E-state index in [1.807, 2.05) is 0 Å². The number of aliphatic imine (C=N–C) groups is 1. The smallest absolute Gasteiger partial charge is 0.330 e. The standard InChI is InChI=1S/C8H11N3O2/c1-2-13-8(12)7-4-3-6(11-7)5-10-9/h5,7H,2-4H2,1H3/t7-/m0/s1. The van der Waals surface area contributed by atoms with E-state index in [9.17, 15) is 4.79 Å². The first-order valence-corrected chi connectivity index (χ1v) is 4.18. The molecule has 0 radical (unpaired) electrons. The van der Waals surface area contributed by atoms with Crippen LogP contribution in [0.4, 0.5) is 0 Å². The zero-order chi connectivity index (χ0) is 9.68. The van der Waals surface area contributed by atoms with Crippen molar-refractivity contribution in [1.29, 1.82) is 0 Å². The average Bonchev–Trinajstić information content (AvgIpc) is 2.54. The van der Waals surface area contributed by atoms with Crippen molar-refractivity contribution >= 4 is 17.9 Å². The molecule has 0 aromatic heterocycles. The molecule has 0 bridgehead atoms. The van der Waals surface area contributed by atoms with E-state index in [1.165, 1.54) is 6.21 Å². The fourth-order valence-electron chi connectivity index (χ4n) is 1.19. The van der Waals surface area contributed by atoms with E-state index in [-0.39, 0.29) is 5.97 Å². The molecule has 1 aliphatic heterocycles. The highest BCUT2D eigenvalue weighted by Crippen LogP contribution is 2.13. The first-order chi connectivity index (χ1) is 6.27. The lowest BCUT2D eigenvalue weighted by Gasteiger charge is -2.04. The SMILES string of the molecule is CCOC(=O)[C@@H]1CCC(C=[N+]=[N-])=N1. The molecule has 0 unspecified atom stereocenters. The number of carbonyl (C=O) groups is 1. The number of esters is 1. The lowest BCUT2D eigenvalue weighted by atomic mass is 10.2. The predicted octanol–water partition coefficient (Wildman–Crippen LogP) is 0.454. The first-order valence-electron chi connectivity index (χ1n) is 4.18. The minimum atomic E-state index is -0.409. The second-order valence-electron chi connectivity index (χ2n) is 2.67. The van der Waals surface area contributed by atoms with Gasteiger partial charge in [-0.1, -0.05) is 0 Å². The molecule has 0 spiro atoms. The molecule has 70 valence electrons. The van der Waals surface area contributed by atoms with Gasteiger partial charge in [-0.25, -0.2) is 4.79 Å². The Balaban J connectivity index is 2.56. The summed E-state index contributed by atoms with van der Waals surface area (Å²) in [6.07, 6.45) is 2.55. The quantitative estimate of drug-likeness (QED) is 0.274. The Hall–Kier alpha value is -1.48. The molecule has 1 rings (SSSR count). The van der Waals surface area contributed by atoms with Crippen LogP contribution >= 0.6 is 0 Å². The van der Waals surface area contributed by atoms with Gasteiger partial charge in [0, 0.05) is 0 Å². The maximum Gasteiger partial charge on any atom is 0.330 e. The maximum absolute atomic E-state index is 11.2. The van der Waals surface area contributed by atoms with Crippen LogP contribution in [0.3, 0.4) is 0 Å². The van der Waals surface area contributed by atoms with Gasteiger partial charge in [0.2, 0.25) is 0 Å². The molecule has 13 heavy (non-hydrogen) atoms. The molecule has 0 N–H and O–H groups in total. The third-order valence-corrected chi connectivity index (χ3v) is 1.76. The first kappa shape index (κ1) is 9.61. The van der Waals surface area contributed by atoms with Gasteiger partial charge >= 0.3 is 12.2 Å². The van der Waals surface area contributed by atoms with Crippen molar-refractivity contribution in [2.45, 2.75) is 25.8 Å². The highest BCUT2D eigenvalue weighted by Gasteiger charge is 2.25. The number of carbonyl (C=O) groups excluding carboxylic acids is 1. The lowest BCUT2D eigenvalue weighted by Crippen LogP contribution is -2.18. The maximum atomic E-state index is 11.2. The molecule has 1 heterocycles. The average molecular weight is 181 g/mol. The van der Waals surface area contributed by atoms with Crippen molar-refractivity contribution in [3.8, 4) is 0 Å². The van der Waals surface area contributed by atoms with E-state index in [0.717, 1.165) is 0 Å². The van der Waals surface area contributed by atoms with Gasteiger partial charge in [-0.05, 0) is 19.8 Å². The molecule has 5 nitrogen and oxygen atoms in total. The summed E-state index contributed by atoms with van der Waals surface area (Å²) >= 11 is 0. The molecule has 1 atom stereocenters. The minimum absolute atomic E-state index is 0.302. The van der Waals surface area contributed by atoms with Crippen LogP contribution in [-0.4, -0.2) is 35.3 Å². The molecule has 0 aromatic rings. The summed E-state index contributed by atoms with van der Waals surface area (Å²) in [6, 6.07) is -0.409. The van der Waals surface area contributed by atoms with Crippen LogP contribution < -0.4 is 0 Å². The summed E-state index contributed by atoms with van der Waals surface area (Å²) in [5.74, 6) is -0.302. The van der Waals surface area contributed by atoms with E-state index in [4.69, 9.17) is 10.3 Å². The molecule has 0 saturated heterocycles. The van der Waals surface area contributed by atoms with Gasteiger partial charge < -0.3 is 10.3 Å². The van der Waals surface area contributed by atoms with Crippen LogP contribution in [0.15, 0.2) is 4.99 Å². The zero-order valence-corrected chi connectivity index (χ0v) is 7.43. The fourth-order valence-corrected chi connectivity index (χ4v) is 1.19. The third-order valence-electron chi connectivity index (χ3n) is 1.76. The normalized spacial score (nSPS) is 20.4. The minimum Gasteiger partial charge on any atom is -0.464 e. The van der Waals surface area contributed by atoms with Gasteiger partial charge in [0.05, 0.1) is 6.61 Å². The van der Waals surface area contributed by atoms with Crippen LogP contribution in [-0.2, 0) is 9.53 Å². The number of hydrogen-bond donors (Lipinski definition) is 0. The molecular formula is C8H11N3O2. The van der Waals surface area contributed by atoms with Crippen molar-refractivity contribution in [3.63, 3.8) is 0 Å². The van der Waals surface area contributed by atoms with Gasteiger partial charge in [0.25, 0.3) is 0 Å². The van der Waals surface area contributed by atoms with Crippen molar-refractivity contribution in [1.82, 2.24) is 0 Å². The van der Waals surface area contributed by atoms with Gasteiger partial charge in [0.15, 0.2) is 0 Å². The molecule has 0 aromatic carbocycles. The lowest BCUT2D eigenvalue weighted by molar-refractivity contribution is -0.144. The van der Waals surface area contributed by atoms with Gasteiger partial charge in [-0.15, -0.1) is 0 Å². The molecule has 1 aliphatic rings. The molecule has 0 aliphatic carbocycles. The Labute approximate surface area is 76.0 Å². The van der Waals surface area contributed by atoms with Gasteiger partial charge in [-0.2, -0.15) is 4.79 Å². The van der Waals surface area contributed by atoms with E-state index in [1.54, 1.807) is 6.92 Å². The van der Waals surface area contributed by atoms with Crippen LogP contribution in [0.1, 0.15) is 19.8 Å². The summed E-state index contributed by atoms with van der Waals surface area (Å²) in [5, 5.41) is 0. The predicted molar refractivity (Wildman–Crippen MR) is 46.8 cm³/mol. The van der Waals surface area contributed by atoms with Crippen molar-refractivity contribution in [2.75, 3.05) is 6.61 Å². The molecule has 0 fully saturated rings. The second kappa shape index (κ2) is 4.52. The van der Waals surface area contributed by atoms with E-state index >= 15 is 0 Å². The number of ether oxygens (including phenoxy) is 1. The molecule has 0 saturated carbocycles. The highest BCUT2D eigenvalue weighted by molar-refractivity contribution is 6.29. The summed E-state index contributed by atoms with van der Waals surface area (Å²) in [4.78, 5) is 18.0. The van der Waals surface area contributed by atoms with Crippen LogP contribution in [0.25, 0.3) is 5.53 Å². The second-order valence-corrected chi connectivity index (χ2v) is 2.67. The Bertz CT molecular complexity index is 279. The summed E-state index contributed by atoms with van der Waals surface area (Å²) in [6.45, 7) is 2.13. The molecular weight excluding hydrogens is 170 g/mol. The molecule has 0 amide bonds. The van der Waals surface area contributed by atoms with Crippen LogP contribution in [0.2, 0.25) is 0 Å². The summed E-state index contributed by atoms with van der Waals surface area (Å²) < 4.78 is 4.80. The van der Waals surface area contributed by atoms with Crippen LogP contribution in [0.5, 0.6) is 0 Å². The van der Waals surface area contributed by atoms with Crippen molar-refractivity contribution in [2.24, 2.45) is 4.99 Å². The van der Waals surface area contributed by atoms with Crippen molar-refractivity contribution in [3.05, 3.63) is 5.53 Å². The van der Waals surface area contributed by atoms with E-state index in [2.05, 4.69) is 9.78 Å². The topological polar surface area (TPSA) is 75.1 Å². The van der Waals surface area contributed by atoms with Gasteiger partial charge in [0.1, 0.15) is 11.8 Å². The van der Waals surface area contributed by atoms with Crippen LogP contribution in [0, 0.1) is 0 Å². The Morgan fingerprint density at radius 1 is 1.92 bits per heavy atom. The monoisotopic (exact) mass is 181 g/mol. The highest BCUT2D eigenvalue weighted by atomic mass is 16.5. The third kappa shape index (κ3) is 2.49. The number of nitrogens with zero attached hydrogens (tertiary/aromatic N) is 3. The van der Waals surface area contributed by atoms with Gasteiger partial charge in [-0.3, -0.25) is 4.99 Å². The Morgan fingerprint density at radius 2 is 2.69 bits per heavy atom. The van der Waals surface area contributed by atoms with E-state index in [0.29, 0.717) is 25.2 Å². The number of hydrogen-bond acceptors (Lipinski definition) is 3. The molecule has 5 heteroatoms. The largest absolute Gasteiger partial charge is 0.464 e.